The van der Waals surface area contributed by atoms with Crippen molar-refractivity contribution in [1.82, 2.24) is 20.2 Å². The Hall–Kier alpha value is -3.57. The van der Waals surface area contributed by atoms with E-state index in [1.165, 1.54) is 23.1 Å². The predicted molar refractivity (Wildman–Crippen MR) is 146 cm³/mol. The molecule has 8 rings (SSSR count). The molecule has 2 unspecified atom stereocenters. The largest absolute Gasteiger partial charge is 0.508 e. The van der Waals surface area contributed by atoms with Crippen LogP contribution in [0.5, 0.6) is 11.8 Å². The minimum Gasteiger partial charge on any atom is -0.508 e. The van der Waals surface area contributed by atoms with Gasteiger partial charge in [0.25, 0.3) is 5.91 Å². The van der Waals surface area contributed by atoms with Crippen LogP contribution in [0, 0.1) is 11.6 Å². The molecular formula is C29H32F2N6O3. The van der Waals surface area contributed by atoms with Crippen LogP contribution in [-0.2, 0) is 6.42 Å². The third-order valence-electron chi connectivity index (χ3n) is 8.96. The number of amides is 1. The number of likely N-dealkylation sites (tertiary alicyclic amines) is 1. The van der Waals surface area contributed by atoms with Crippen LogP contribution in [0.25, 0.3) is 10.8 Å². The lowest BCUT2D eigenvalue weighted by molar-refractivity contribution is 0.0973. The fraction of sp³-hybridized carbons (Fsp3) is 0.483. The average molecular weight is 551 g/mol. The van der Waals surface area contributed by atoms with Gasteiger partial charge in [-0.25, -0.2) is 8.78 Å². The molecule has 0 radical (unpaired) electrons. The van der Waals surface area contributed by atoms with Crippen LogP contribution >= 0.6 is 0 Å². The highest BCUT2D eigenvalue weighted by Gasteiger charge is 2.39. The number of phenols is 1. The number of aromatic nitrogens is 2. The van der Waals surface area contributed by atoms with Gasteiger partial charge >= 0.3 is 6.01 Å². The zero-order valence-corrected chi connectivity index (χ0v) is 22.4. The van der Waals surface area contributed by atoms with Gasteiger partial charge in [-0.2, -0.15) is 9.97 Å². The Morgan fingerprint density at radius 2 is 2.02 bits per heavy atom. The number of piperidine rings is 2. The molecule has 5 aliphatic heterocycles. The summed E-state index contributed by atoms with van der Waals surface area (Å²) in [6, 6.07) is 6.09. The first-order chi connectivity index (χ1) is 19.4. The van der Waals surface area contributed by atoms with Gasteiger partial charge in [0.05, 0.1) is 5.69 Å². The van der Waals surface area contributed by atoms with Gasteiger partial charge in [0.2, 0.25) is 0 Å². The number of carbonyl (C=O) groups excluding carboxylic acids is 1. The fourth-order valence-corrected chi connectivity index (χ4v) is 6.75. The second kappa shape index (κ2) is 9.81. The van der Waals surface area contributed by atoms with Crippen molar-refractivity contribution < 1.29 is 23.4 Å². The number of anilines is 2. The summed E-state index contributed by atoms with van der Waals surface area (Å²) in [5.41, 5.74) is 1.06. The van der Waals surface area contributed by atoms with Gasteiger partial charge in [0.15, 0.2) is 11.6 Å². The Morgan fingerprint density at radius 1 is 1.15 bits per heavy atom. The Balaban J connectivity index is 1.30. The van der Waals surface area contributed by atoms with Crippen LogP contribution in [0.4, 0.5) is 20.3 Å². The van der Waals surface area contributed by atoms with E-state index >= 15 is 4.39 Å². The fourth-order valence-electron chi connectivity index (χ4n) is 6.75. The van der Waals surface area contributed by atoms with E-state index in [1.54, 1.807) is 0 Å². The van der Waals surface area contributed by atoms with E-state index in [9.17, 15) is 14.3 Å². The number of halogens is 2. The van der Waals surface area contributed by atoms with Crippen molar-refractivity contribution in [3.05, 3.63) is 47.2 Å². The SMILES string of the molecule is CN1CCC[C@H]1COc1nc2c(c(N3CC4CCC3CN4)n1)CCN(c1cc(O)cc3ccc(F)c(F)c13)C2=O. The normalized spacial score (nSPS) is 24.7. The molecule has 0 saturated carbocycles. The second-order valence-electron chi connectivity index (χ2n) is 11.4. The number of hydrogen-bond acceptors (Lipinski definition) is 8. The predicted octanol–water partition coefficient (Wildman–Crippen LogP) is 3.23. The number of carbonyl (C=O) groups is 1. The maximum Gasteiger partial charge on any atom is 0.319 e. The highest BCUT2D eigenvalue weighted by molar-refractivity contribution is 6.12. The second-order valence-corrected chi connectivity index (χ2v) is 11.4. The first-order valence-electron chi connectivity index (χ1n) is 14.0. The molecule has 4 saturated heterocycles. The molecule has 210 valence electrons. The first kappa shape index (κ1) is 25.4. The Kier molecular flexibility index (Phi) is 6.23. The summed E-state index contributed by atoms with van der Waals surface area (Å²) in [7, 11) is 2.07. The van der Waals surface area contributed by atoms with Crippen molar-refractivity contribution in [1.29, 1.82) is 0 Å². The number of benzene rings is 2. The van der Waals surface area contributed by atoms with Crippen LogP contribution in [0.15, 0.2) is 24.3 Å². The van der Waals surface area contributed by atoms with E-state index in [0.29, 0.717) is 24.5 Å². The lowest BCUT2D eigenvalue weighted by atomic mass is 9.92. The summed E-state index contributed by atoms with van der Waals surface area (Å²) in [4.78, 5) is 29.4. The molecule has 3 aromatic rings. The first-order valence-corrected chi connectivity index (χ1v) is 14.0. The molecule has 9 nitrogen and oxygen atoms in total. The standard InChI is InChI=1S/C29H32F2N6O3/c1-35-9-2-3-19(35)15-40-29-33-26-21(27(34-29)37-14-17-5-6-18(37)13-32-17)8-10-36(28(26)39)23-12-20(38)11-16-4-7-22(30)25(31)24(16)23/h4,7,11-12,17-19,32,38H,2-3,5-6,8-10,13-15H2,1H3/t17?,18?,19-/m0/s1. The Bertz CT molecular complexity index is 1490. The number of likely N-dealkylation sites (N-methyl/N-ethyl adjacent to an activating group) is 1. The minimum atomic E-state index is -1.06. The van der Waals surface area contributed by atoms with E-state index in [4.69, 9.17) is 9.72 Å². The summed E-state index contributed by atoms with van der Waals surface area (Å²) in [6.07, 6.45) is 4.70. The smallest absolute Gasteiger partial charge is 0.319 e. The number of hydrogen-bond donors (Lipinski definition) is 2. The molecule has 1 amide bonds. The number of ether oxygens (including phenoxy) is 1. The molecule has 2 N–H and O–H groups in total. The number of nitrogens with zero attached hydrogens (tertiary/aromatic N) is 5. The van der Waals surface area contributed by atoms with Crippen LogP contribution in [-0.4, -0.2) is 83.8 Å². The van der Waals surface area contributed by atoms with E-state index in [1.807, 2.05) is 0 Å². The highest BCUT2D eigenvalue weighted by Crippen LogP contribution is 2.39. The number of phenolic OH excluding ortho intramolecular Hbond substituents is 1. The van der Waals surface area contributed by atoms with E-state index < -0.39 is 17.5 Å². The van der Waals surface area contributed by atoms with Gasteiger partial charge in [-0.05, 0) is 63.2 Å². The van der Waals surface area contributed by atoms with Crippen molar-refractivity contribution in [2.24, 2.45) is 0 Å². The Morgan fingerprint density at radius 3 is 2.75 bits per heavy atom. The topological polar surface area (TPSA) is 94.1 Å². The molecule has 6 heterocycles. The highest BCUT2D eigenvalue weighted by atomic mass is 19.2. The van der Waals surface area contributed by atoms with Crippen LogP contribution in [0.3, 0.4) is 0 Å². The average Bonchev–Trinajstić information content (AvgIpc) is 3.38. The summed E-state index contributed by atoms with van der Waals surface area (Å²) < 4.78 is 35.4. The molecular weight excluding hydrogens is 518 g/mol. The summed E-state index contributed by atoms with van der Waals surface area (Å²) >= 11 is 0. The van der Waals surface area contributed by atoms with E-state index in [-0.39, 0.29) is 47.2 Å². The van der Waals surface area contributed by atoms with Crippen LogP contribution < -0.4 is 19.9 Å². The summed E-state index contributed by atoms with van der Waals surface area (Å²) in [6.45, 7) is 3.29. The van der Waals surface area contributed by atoms with Gasteiger partial charge in [-0.15, -0.1) is 0 Å². The summed E-state index contributed by atoms with van der Waals surface area (Å²) in [5, 5.41) is 14.2. The van der Waals surface area contributed by atoms with Crippen molar-refractivity contribution in [2.45, 2.75) is 50.2 Å². The molecule has 40 heavy (non-hydrogen) atoms. The quantitative estimate of drug-likeness (QED) is 0.500. The number of rotatable bonds is 5. The molecule has 2 bridgehead atoms. The van der Waals surface area contributed by atoms with E-state index in [0.717, 1.165) is 62.8 Å². The monoisotopic (exact) mass is 550 g/mol. The lowest BCUT2D eigenvalue weighted by Crippen LogP contribution is -2.61. The maximum absolute atomic E-state index is 15.0. The number of aromatic hydroxyl groups is 1. The van der Waals surface area contributed by atoms with Crippen LogP contribution in [0.2, 0.25) is 0 Å². The molecule has 5 aliphatic rings. The zero-order valence-electron chi connectivity index (χ0n) is 22.4. The number of fused-ring (bicyclic) bond motifs is 5. The van der Waals surface area contributed by atoms with Gasteiger partial charge in [0.1, 0.15) is 23.9 Å². The molecule has 1 aromatic heterocycles. The van der Waals surface area contributed by atoms with Gasteiger partial charge in [0, 0.05) is 54.8 Å². The van der Waals surface area contributed by atoms with Gasteiger partial charge in [-0.1, -0.05) is 6.07 Å². The molecule has 11 heteroatoms. The third kappa shape index (κ3) is 4.23. The van der Waals surface area contributed by atoms with Gasteiger partial charge < -0.3 is 29.9 Å². The molecule has 2 aromatic carbocycles. The maximum atomic E-state index is 15.0. The lowest BCUT2D eigenvalue weighted by Gasteiger charge is -2.47. The van der Waals surface area contributed by atoms with Gasteiger partial charge in [-0.3, -0.25) is 4.79 Å². The zero-order chi connectivity index (χ0) is 27.5. The summed E-state index contributed by atoms with van der Waals surface area (Å²) in [5.74, 6) is -1.95. The molecule has 0 spiro atoms. The molecule has 4 fully saturated rings. The van der Waals surface area contributed by atoms with Crippen molar-refractivity contribution in [3.8, 4) is 11.8 Å². The van der Waals surface area contributed by atoms with E-state index in [2.05, 4.69) is 27.1 Å². The van der Waals surface area contributed by atoms with Crippen molar-refractivity contribution in [3.63, 3.8) is 0 Å². The minimum absolute atomic E-state index is 0.0518. The number of piperazine rings is 1. The Labute approximate surface area is 230 Å². The molecule has 3 atom stereocenters. The van der Waals surface area contributed by atoms with Crippen LogP contribution in [0.1, 0.15) is 41.7 Å². The van der Waals surface area contributed by atoms with Crippen molar-refractivity contribution >= 4 is 28.2 Å². The third-order valence-corrected chi connectivity index (χ3v) is 8.96. The van der Waals surface area contributed by atoms with Crippen molar-refractivity contribution in [2.75, 3.05) is 49.6 Å². The molecule has 0 aliphatic carbocycles. The number of nitrogens with one attached hydrogen (secondary N) is 1.